The van der Waals surface area contributed by atoms with Crippen LogP contribution in [0.15, 0.2) is 53.7 Å². The van der Waals surface area contributed by atoms with Gasteiger partial charge < -0.3 is 19.7 Å². The number of halogens is 1. The maximum absolute atomic E-state index is 13.6. The van der Waals surface area contributed by atoms with Gasteiger partial charge in [-0.1, -0.05) is 24.1 Å². The molecular formula is C33H37ClN2O7. The first-order chi connectivity index (χ1) is 20.8. The number of imide groups is 1. The quantitative estimate of drug-likeness (QED) is 0.177. The van der Waals surface area contributed by atoms with Crippen LogP contribution < -0.4 is 0 Å². The van der Waals surface area contributed by atoms with E-state index < -0.39 is 17.8 Å². The average molecular weight is 609 g/mol. The summed E-state index contributed by atoms with van der Waals surface area (Å²) in [5.74, 6) is -2.09. The molecule has 4 atom stereocenters. The lowest BCUT2D eigenvalue weighted by Gasteiger charge is -2.31. The summed E-state index contributed by atoms with van der Waals surface area (Å²) < 4.78 is 11.9. The third kappa shape index (κ3) is 6.84. The third-order valence-corrected chi connectivity index (χ3v) is 9.00. The Kier molecular flexibility index (Phi) is 9.95. The summed E-state index contributed by atoms with van der Waals surface area (Å²) in [7, 11) is 1.63. The second kappa shape index (κ2) is 13.8. The summed E-state index contributed by atoms with van der Waals surface area (Å²) in [5, 5.41) is 19.1. The first-order valence-corrected chi connectivity index (χ1v) is 15.2. The Hall–Kier alpha value is -3.53. The highest BCUT2D eigenvalue weighted by Gasteiger charge is 2.56. The van der Waals surface area contributed by atoms with Crippen LogP contribution in [-0.2, 0) is 23.9 Å². The molecule has 2 aliphatic heterocycles. The molecule has 2 amide bonds. The molecule has 1 aromatic carbocycles. The van der Waals surface area contributed by atoms with Crippen LogP contribution in [0.3, 0.4) is 0 Å². The lowest BCUT2D eigenvalue weighted by molar-refractivity contribution is -0.141. The summed E-state index contributed by atoms with van der Waals surface area (Å²) in [6, 6.07) is 10.6. The van der Waals surface area contributed by atoms with Gasteiger partial charge in [-0.2, -0.15) is 0 Å². The minimum absolute atomic E-state index is 0.0841. The molecule has 10 heteroatoms. The van der Waals surface area contributed by atoms with E-state index in [1.54, 1.807) is 25.4 Å². The number of hydrogen-bond acceptors (Lipinski definition) is 7. The van der Waals surface area contributed by atoms with E-state index in [1.165, 1.54) is 11.0 Å². The number of fused-ring (bicyclic) bond motifs is 3. The number of carbonyl (C=O) groups is 3. The molecule has 2 fully saturated rings. The third-order valence-electron chi connectivity index (χ3n) is 8.67. The number of pyridine rings is 1. The summed E-state index contributed by atoms with van der Waals surface area (Å²) in [5.41, 5.74) is 4.65. The number of methoxy groups -OCH3 is 1. The number of unbranched alkanes of at least 4 members (excludes halogenated alkanes) is 2. The van der Waals surface area contributed by atoms with Gasteiger partial charge in [0.05, 0.1) is 41.9 Å². The van der Waals surface area contributed by atoms with Crippen molar-refractivity contribution in [3.05, 3.63) is 70.0 Å². The van der Waals surface area contributed by atoms with Gasteiger partial charge in [-0.25, -0.2) is 0 Å². The lowest BCUT2D eigenvalue weighted by Crippen LogP contribution is -2.35. The molecule has 0 bridgehead atoms. The summed E-state index contributed by atoms with van der Waals surface area (Å²) in [6.07, 6.45) is 7.07. The van der Waals surface area contributed by atoms with Crippen LogP contribution in [-0.4, -0.2) is 70.9 Å². The van der Waals surface area contributed by atoms with Gasteiger partial charge in [-0.15, -0.1) is 0 Å². The molecule has 5 rings (SSSR count). The van der Waals surface area contributed by atoms with Crippen LogP contribution >= 0.6 is 11.6 Å². The molecule has 0 unspecified atom stereocenters. The number of carboxylic acids is 1. The van der Waals surface area contributed by atoms with Gasteiger partial charge in [-0.05, 0) is 90.8 Å². The topological polar surface area (TPSA) is 126 Å². The Bertz CT molecular complexity index is 1420. The van der Waals surface area contributed by atoms with Crippen LogP contribution in [0, 0.1) is 17.8 Å². The number of likely N-dealkylation sites (tertiary alicyclic amines) is 1. The fraction of sp³-hybridized carbons (Fsp3) is 0.455. The molecule has 2 aromatic rings. The molecular weight excluding hydrogens is 572 g/mol. The number of ether oxygens (including phenoxy) is 2. The van der Waals surface area contributed by atoms with Crippen molar-refractivity contribution in [2.75, 3.05) is 26.9 Å². The maximum atomic E-state index is 13.6. The number of amides is 2. The number of carbonyl (C=O) groups excluding carboxylic acids is 2. The largest absolute Gasteiger partial charge is 0.508 e. The second-order valence-electron chi connectivity index (χ2n) is 11.4. The van der Waals surface area contributed by atoms with Crippen LogP contribution in [0.2, 0.25) is 5.02 Å². The first-order valence-electron chi connectivity index (χ1n) is 14.8. The molecule has 0 spiro atoms. The molecule has 9 nitrogen and oxygen atoms in total. The summed E-state index contributed by atoms with van der Waals surface area (Å²) in [6.45, 7) is 1.05. The molecule has 43 heavy (non-hydrogen) atoms. The number of carboxylic acid groups (broad SMARTS) is 1. The van der Waals surface area contributed by atoms with Crippen molar-refractivity contribution in [2.45, 2.75) is 51.0 Å². The van der Waals surface area contributed by atoms with Crippen molar-refractivity contribution in [1.29, 1.82) is 0 Å². The SMILES string of the molecule is COCC1=C2[C@@H](CC/C(=C/c3ccc(O)cc3Cl)c3ccccn3)OC[C@@H]2[C@@H]2C(=O)N(CCCCCC(=O)O)C(=O)[C@@H]2C1. The van der Waals surface area contributed by atoms with Gasteiger partial charge in [0.2, 0.25) is 11.8 Å². The van der Waals surface area contributed by atoms with Gasteiger partial charge in [0.25, 0.3) is 0 Å². The molecule has 2 saturated heterocycles. The minimum atomic E-state index is -0.841. The fourth-order valence-electron chi connectivity index (χ4n) is 6.72. The zero-order valence-electron chi connectivity index (χ0n) is 24.2. The number of phenolic OH excluding ortho intramolecular Hbond substituents is 1. The van der Waals surface area contributed by atoms with Crippen molar-refractivity contribution in [3.8, 4) is 5.75 Å². The highest BCUT2D eigenvalue weighted by atomic mass is 35.5. The smallest absolute Gasteiger partial charge is 0.303 e. The monoisotopic (exact) mass is 608 g/mol. The predicted molar refractivity (Wildman–Crippen MR) is 161 cm³/mol. The Morgan fingerprint density at radius 3 is 2.70 bits per heavy atom. The molecule has 1 aromatic heterocycles. The van der Waals surface area contributed by atoms with E-state index in [0.29, 0.717) is 63.3 Å². The molecule has 1 aliphatic carbocycles. The number of phenols is 1. The van der Waals surface area contributed by atoms with Gasteiger partial charge in [-0.3, -0.25) is 24.3 Å². The number of aliphatic carboxylic acids is 1. The van der Waals surface area contributed by atoms with Crippen molar-refractivity contribution in [3.63, 3.8) is 0 Å². The summed E-state index contributed by atoms with van der Waals surface area (Å²) >= 11 is 6.42. The zero-order valence-corrected chi connectivity index (χ0v) is 25.0. The van der Waals surface area contributed by atoms with Crippen LogP contribution in [0.4, 0.5) is 0 Å². The summed E-state index contributed by atoms with van der Waals surface area (Å²) in [4.78, 5) is 43.8. The van der Waals surface area contributed by atoms with Crippen molar-refractivity contribution < 1.29 is 34.1 Å². The van der Waals surface area contributed by atoms with Gasteiger partial charge in [0.15, 0.2) is 0 Å². The Morgan fingerprint density at radius 1 is 1.14 bits per heavy atom. The normalized spacial score (nSPS) is 23.6. The van der Waals surface area contributed by atoms with E-state index in [4.69, 9.17) is 26.2 Å². The molecule has 0 radical (unpaired) electrons. The highest BCUT2D eigenvalue weighted by molar-refractivity contribution is 6.32. The number of rotatable bonds is 13. The Morgan fingerprint density at radius 2 is 1.98 bits per heavy atom. The second-order valence-corrected chi connectivity index (χ2v) is 11.8. The highest BCUT2D eigenvalue weighted by Crippen LogP contribution is 2.50. The van der Waals surface area contributed by atoms with E-state index in [-0.39, 0.29) is 36.0 Å². The fourth-order valence-corrected chi connectivity index (χ4v) is 6.95. The molecule has 3 aliphatic rings. The van der Waals surface area contributed by atoms with E-state index in [9.17, 15) is 19.5 Å². The number of aromatic nitrogens is 1. The molecule has 3 heterocycles. The number of aromatic hydroxyl groups is 1. The standard InChI is InChI=1S/C33H37ClN2O7/c1-42-18-22-16-24-31(33(41)36(32(24)40)14-6-2-3-8-29(38)39)25-19-43-28(30(22)25)12-10-21(27-7-4-5-13-35-27)15-20-9-11-23(37)17-26(20)34/h4-5,7,9,11,13,15,17,24-25,28,31,37H,2-3,6,8,10,12,14,16,18-19H2,1H3,(H,38,39)/b21-15-/t24-,25+,28-,31-/m1/s1. The van der Waals surface area contributed by atoms with Gasteiger partial charge in [0.1, 0.15) is 5.75 Å². The molecule has 0 saturated carbocycles. The van der Waals surface area contributed by atoms with Crippen LogP contribution in [0.1, 0.15) is 56.2 Å². The van der Waals surface area contributed by atoms with Crippen LogP contribution in [0.5, 0.6) is 5.75 Å². The number of hydrogen-bond donors (Lipinski definition) is 2. The van der Waals surface area contributed by atoms with Crippen LogP contribution in [0.25, 0.3) is 11.6 Å². The van der Waals surface area contributed by atoms with E-state index in [1.807, 2.05) is 24.3 Å². The van der Waals surface area contributed by atoms with Gasteiger partial charge >= 0.3 is 5.97 Å². The predicted octanol–water partition coefficient (Wildman–Crippen LogP) is 5.37. The zero-order chi connectivity index (χ0) is 30.5. The van der Waals surface area contributed by atoms with E-state index in [0.717, 1.165) is 28.0 Å². The first kappa shape index (κ1) is 30.9. The van der Waals surface area contributed by atoms with E-state index >= 15 is 0 Å². The van der Waals surface area contributed by atoms with Crippen molar-refractivity contribution in [1.82, 2.24) is 9.88 Å². The average Bonchev–Trinajstić information content (AvgIpc) is 3.51. The molecule has 2 N–H and O–H groups in total. The minimum Gasteiger partial charge on any atom is -0.508 e. The van der Waals surface area contributed by atoms with Crippen molar-refractivity contribution >= 4 is 41.0 Å². The maximum Gasteiger partial charge on any atom is 0.303 e. The Balaban J connectivity index is 1.34. The Labute approximate surface area is 256 Å². The van der Waals surface area contributed by atoms with E-state index in [2.05, 4.69) is 4.98 Å². The number of benzene rings is 1. The van der Waals surface area contributed by atoms with Crippen molar-refractivity contribution in [2.24, 2.45) is 17.8 Å². The molecule has 228 valence electrons. The number of allylic oxidation sites excluding steroid dienone is 1. The van der Waals surface area contributed by atoms with Gasteiger partial charge in [0, 0.05) is 32.2 Å². The number of nitrogens with zero attached hydrogens (tertiary/aromatic N) is 2. The lowest BCUT2D eigenvalue weighted by atomic mass is 9.69.